The van der Waals surface area contributed by atoms with Crippen molar-refractivity contribution in [3.63, 3.8) is 0 Å². The Bertz CT molecular complexity index is 1150. The lowest BCUT2D eigenvalue weighted by atomic mass is 9.90. The molecule has 0 spiro atoms. The van der Waals surface area contributed by atoms with Crippen molar-refractivity contribution >= 4 is 39.6 Å². The van der Waals surface area contributed by atoms with Crippen molar-refractivity contribution in [1.29, 1.82) is 0 Å². The lowest BCUT2D eigenvalue weighted by molar-refractivity contribution is 0.350. The van der Waals surface area contributed by atoms with Crippen molar-refractivity contribution < 1.29 is 9.47 Å². The van der Waals surface area contributed by atoms with Gasteiger partial charge >= 0.3 is 0 Å². The summed E-state index contributed by atoms with van der Waals surface area (Å²) in [7, 11) is 3.33. The molecule has 0 radical (unpaired) electrons. The minimum Gasteiger partial charge on any atom is -0.493 e. The number of H-pyrrole nitrogens is 1. The van der Waals surface area contributed by atoms with Crippen LogP contribution in [0.25, 0.3) is 10.9 Å². The van der Waals surface area contributed by atoms with Crippen LogP contribution in [-0.2, 0) is 6.54 Å². The second-order valence-electron chi connectivity index (χ2n) is 7.07. The van der Waals surface area contributed by atoms with Crippen LogP contribution in [0.1, 0.15) is 21.9 Å². The highest BCUT2D eigenvalue weighted by molar-refractivity contribution is 7.80. The first-order valence-electron chi connectivity index (χ1n) is 10.0. The lowest BCUT2D eigenvalue weighted by Crippen LogP contribution is -2.37. The molecule has 160 valence electrons. The van der Waals surface area contributed by atoms with E-state index in [1.54, 1.807) is 25.6 Å². The average Bonchev–Trinajstić information content (AvgIpc) is 3.48. The summed E-state index contributed by atoms with van der Waals surface area (Å²) >= 11 is 7.26. The van der Waals surface area contributed by atoms with E-state index in [1.165, 1.54) is 15.8 Å². The fourth-order valence-electron chi connectivity index (χ4n) is 3.79. The van der Waals surface area contributed by atoms with Crippen LogP contribution in [0.15, 0.2) is 66.2 Å². The van der Waals surface area contributed by atoms with Crippen molar-refractivity contribution in [2.45, 2.75) is 12.5 Å². The molecule has 0 fully saturated rings. The molecule has 2 aromatic carbocycles. The van der Waals surface area contributed by atoms with Crippen molar-refractivity contribution in [3.8, 4) is 11.5 Å². The van der Waals surface area contributed by atoms with Gasteiger partial charge in [-0.2, -0.15) is 0 Å². The van der Waals surface area contributed by atoms with E-state index in [9.17, 15) is 0 Å². The Kier molecular flexibility index (Phi) is 6.74. The van der Waals surface area contributed by atoms with Gasteiger partial charge in [0.05, 0.1) is 20.8 Å². The Morgan fingerprint density at radius 3 is 2.65 bits per heavy atom. The third-order valence-electron chi connectivity index (χ3n) is 5.28. The molecule has 0 aliphatic heterocycles. The summed E-state index contributed by atoms with van der Waals surface area (Å²) in [5, 5.41) is 10.6. The summed E-state index contributed by atoms with van der Waals surface area (Å²) < 4.78 is 11.3. The SMILES string of the molecule is COc1cccc(C(CNC(=S)NCc2cccs2)c2c[nH]c3ccccc23)c1OC. The lowest BCUT2D eigenvalue weighted by Gasteiger charge is -2.22. The molecule has 4 rings (SSSR count). The molecule has 2 heterocycles. The average molecular weight is 452 g/mol. The summed E-state index contributed by atoms with van der Waals surface area (Å²) in [5.41, 5.74) is 3.32. The largest absolute Gasteiger partial charge is 0.493 e. The summed E-state index contributed by atoms with van der Waals surface area (Å²) in [6, 6.07) is 18.4. The van der Waals surface area contributed by atoms with Crippen LogP contribution in [0, 0.1) is 0 Å². The first kappa shape index (κ1) is 21.2. The minimum absolute atomic E-state index is 0.00249. The van der Waals surface area contributed by atoms with Gasteiger partial charge in [0.1, 0.15) is 0 Å². The summed E-state index contributed by atoms with van der Waals surface area (Å²) in [6.45, 7) is 1.32. The van der Waals surface area contributed by atoms with Crippen molar-refractivity contribution in [3.05, 3.63) is 82.2 Å². The van der Waals surface area contributed by atoms with Gasteiger partial charge in [0.2, 0.25) is 0 Å². The predicted molar refractivity (Wildman–Crippen MR) is 131 cm³/mol. The zero-order chi connectivity index (χ0) is 21.6. The van der Waals surface area contributed by atoms with Crippen LogP contribution in [-0.4, -0.2) is 30.9 Å². The molecule has 4 aromatic rings. The third-order valence-corrected chi connectivity index (χ3v) is 6.44. The zero-order valence-corrected chi connectivity index (χ0v) is 19.1. The molecular weight excluding hydrogens is 426 g/mol. The van der Waals surface area contributed by atoms with Crippen LogP contribution >= 0.6 is 23.6 Å². The van der Waals surface area contributed by atoms with Crippen molar-refractivity contribution in [1.82, 2.24) is 15.6 Å². The van der Waals surface area contributed by atoms with Crippen LogP contribution in [0.3, 0.4) is 0 Å². The number of aromatic amines is 1. The highest BCUT2D eigenvalue weighted by Crippen LogP contribution is 2.40. The van der Waals surface area contributed by atoms with Gasteiger partial charge in [-0.25, -0.2) is 0 Å². The molecule has 0 saturated heterocycles. The number of hydrogen-bond donors (Lipinski definition) is 3. The van der Waals surface area contributed by atoms with Gasteiger partial charge in [0.15, 0.2) is 16.6 Å². The van der Waals surface area contributed by atoms with E-state index < -0.39 is 0 Å². The standard InChI is InChI=1S/C24H25N3O2S2/c1-28-22-11-5-9-18(23(22)29-2)20(19-14-25-21-10-4-3-8-17(19)21)15-27-24(30)26-13-16-7-6-12-31-16/h3-12,14,20,25H,13,15H2,1-2H3,(H2,26,27,30). The Balaban J connectivity index is 1.63. The molecule has 0 saturated carbocycles. The number of nitrogens with one attached hydrogen (secondary N) is 3. The van der Waals surface area contributed by atoms with E-state index in [-0.39, 0.29) is 5.92 Å². The number of rotatable bonds is 8. The highest BCUT2D eigenvalue weighted by atomic mass is 32.1. The summed E-state index contributed by atoms with van der Waals surface area (Å²) in [6.07, 6.45) is 2.07. The fraction of sp³-hybridized carbons (Fsp3) is 0.208. The number of methoxy groups -OCH3 is 2. The van der Waals surface area contributed by atoms with Crippen LogP contribution in [0.5, 0.6) is 11.5 Å². The molecule has 1 atom stereocenters. The van der Waals surface area contributed by atoms with E-state index in [1.807, 2.05) is 24.3 Å². The molecule has 2 aromatic heterocycles. The molecular formula is C24H25N3O2S2. The van der Waals surface area contributed by atoms with Crippen LogP contribution < -0.4 is 20.1 Å². The number of ether oxygens (including phenoxy) is 2. The minimum atomic E-state index is 0.00249. The van der Waals surface area contributed by atoms with E-state index in [4.69, 9.17) is 21.7 Å². The van der Waals surface area contributed by atoms with E-state index >= 15 is 0 Å². The number of thiocarbonyl (C=S) groups is 1. The number of para-hydroxylation sites is 2. The Morgan fingerprint density at radius 2 is 1.87 bits per heavy atom. The van der Waals surface area contributed by atoms with Gasteiger partial charge < -0.3 is 25.1 Å². The van der Waals surface area contributed by atoms with Gasteiger partial charge in [-0.15, -0.1) is 11.3 Å². The molecule has 0 bridgehead atoms. The van der Waals surface area contributed by atoms with Gasteiger partial charge in [-0.1, -0.05) is 36.4 Å². The maximum atomic E-state index is 5.75. The molecule has 3 N–H and O–H groups in total. The smallest absolute Gasteiger partial charge is 0.166 e. The van der Waals surface area contributed by atoms with Crippen molar-refractivity contribution in [2.75, 3.05) is 20.8 Å². The number of fused-ring (bicyclic) bond motifs is 1. The van der Waals surface area contributed by atoms with Gasteiger partial charge in [-0.05, 0) is 41.4 Å². The van der Waals surface area contributed by atoms with Crippen LogP contribution in [0.2, 0.25) is 0 Å². The fourth-order valence-corrected chi connectivity index (χ4v) is 4.59. The second kappa shape index (κ2) is 9.85. The maximum absolute atomic E-state index is 5.75. The van der Waals surface area contributed by atoms with E-state index in [0.29, 0.717) is 24.0 Å². The number of aromatic nitrogens is 1. The highest BCUT2D eigenvalue weighted by Gasteiger charge is 2.23. The first-order chi connectivity index (χ1) is 15.2. The molecule has 0 amide bonds. The van der Waals surface area contributed by atoms with Gasteiger partial charge in [-0.3, -0.25) is 0 Å². The Hall–Kier alpha value is -3.03. The predicted octanol–water partition coefficient (Wildman–Crippen LogP) is 5.04. The summed E-state index contributed by atoms with van der Waals surface area (Å²) in [4.78, 5) is 4.63. The number of thiophene rings is 1. The zero-order valence-electron chi connectivity index (χ0n) is 17.5. The Labute approximate surface area is 191 Å². The third kappa shape index (κ3) is 4.68. The molecule has 7 heteroatoms. The normalized spacial score (nSPS) is 11.8. The van der Waals surface area contributed by atoms with Gasteiger partial charge in [0.25, 0.3) is 0 Å². The first-order valence-corrected chi connectivity index (χ1v) is 11.3. The molecule has 0 aliphatic rings. The van der Waals surface area contributed by atoms with Crippen LogP contribution in [0.4, 0.5) is 0 Å². The van der Waals surface area contributed by atoms with E-state index in [0.717, 1.165) is 16.8 Å². The molecule has 0 aliphatic carbocycles. The number of benzene rings is 2. The molecule has 5 nitrogen and oxygen atoms in total. The quantitative estimate of drug-likeness (QED) is 0.328. The number of hydrogen-bond acceptors (Lipinski definition) is 4. The Morgan fingerprint density at radius 1 is 1.00 bits per heavy atom. The van der Waals surface area contributed by atoms with E-state index in [2.05, 4.69) is 57.5 Å². The molecule has 1 unspecified atom stereocenters. The van der Waals surface area contributed by atoms with Crippen molar-refractivity contribution in [2.24, 2.45) is 0 Å². The second-order valence-corrected chi connectivity index (χ2v) is 8.51. The topological polar surface area (TPSA) is 58.3 Å². The van der Waals surface area contributed by atoms with Gasteiger partial charge in [0, 0.05) is 40.0 Å². The molecule has 31 heavy (non-hydrogen) atoms. The summed E-state index contributed by atoms with van der Waals surface area (Å²) in [5.74, 6) is 1.45. The maximum Gasteiger partial charge on any atom is 0.166 e. The monoisotopic (exact) mass is 451 g/mol.